The zero-order chi connectivity index (χ0) is 23.3. The summed E-state index contributed by atoms with van der Waals surface area (Å²) in [7, 11) is -3.68. The number of amides is 1. The number of nitrogens with zero attached hydrogens (tertiary/aromatic N) is 3. The van der Waals surface area contributed by atoms with Gasteiger partial charge in [0.15, 0.2) is 0 Å². The van der Waals surface area contributed by atoms with Crippen molar-refractivity contribution in [3.8, 4) is 5.19 Å². The van der Waals surface area contributed by atoms with Gasteiger partial charge in [-0.3, -0.25) is 9.69 Å². The van der Waals surface area contributed by atoms with Crippen molar-refractivity contribution in [3.05, 3.63) is 40.9 Å². The number of carbonyl (C=O) groups excluding carboxylic acids is 1. The average Bonchev–Trinajstić information content (AvgIpc) is 3.33. The number of carbonyl (C=O) groups is 1. The second-order valence-electron chi connectivity index (χ2n) is 8.37. The first-order valence-electron chi connectivity index (χ1n) is 11.2. The Bertz CT molecular complexity index is 1020. The number of sulfonamides is 1. The van der Waals surface area contributed by atoms with E-state index in [9.17, 15) is 13.2 Å². The quantitative estimate of drug-likeness (QED) is 0.584. The Morgan fingerprint density at radius 2 is 1.94 bits per heavy atom. The molecule has 8 nitrogen and oxygen atoms in total. The molecular formula is C22H29ClN4O4S2. The van der Waals surface area contributed by atoms with Gasteiger partial charge in [0.2, 0.25) is 15.9 Å². The molecule has 0 spiro atoms. The molecule has 2 saturated heterocycles. The first kappa shape index (κ1) is 24.4. The lowest BCUT2D eigenvalue weighted by molar-refractivity contribution is -0.132. The summed E-state index contributed by atoms with van der Waals surface area (Å²) in [6.45, 7) is 3.49. The molecule has 0 unspecified atom stereocenters. The van der Waals surface area contributed by atoms with Crippen molar-refractivity contribution < 1.29 is 17.9 Å². The third-order valence-electron chi connectivity index (χ3n) is 6.22. The topological polar surface area (TPSA) is 91.8 Å². The molecule has 180 valence electrons. The highest BCUT2D eigenvalue weighted by molar-refractivity contribution is 7.89. The van der Waals surface area contributed by atoms with Crippen LogP contribution in [0.4, 0.5) is 0 Å². The van der Waals surface area contributed by atoms with Gasteiger partial charge in [0.25, 0.3) is 5.19 Å². The monoisotopic (exact) mass is 512 g/mol. The molecule has 1 amide bonds. The van der Waals surface area contributed by atoms with Crippen LogP contribution in [0, 0.1) is 0 Å². The fourth-order valence-corrected chi connectivity index (χ4v) is 6.30. The Morgan fingerprint density at radius 1 is 1.18 bits per heavy atom. The fraction of sp³-hybridized carbons (Fsp3) is 0.545. The third-order valence-corrected chi connectivity index (χ3v) is 8.58. The van der Waals surface area contributed by atoms with Crippen molar-refractivity contribution >= 4 is 38.9 Å². The molecule has 33 heavy (non-hydrogen) atoms. The maximum absolute atomic E-state index is 12.6. The average molecular weight is 513 g/mol. The molecule has 0 aliphatic carbocycles. The van der Waals surface area contributed by atoms with Crippen LogP contribution in [0.2, 0.25) is 5.02 Å². The molecule has 0 radical (unpaired) electrons. The highest BCUT2D eigenvalue weighted by atomic mass is 35.5. The van der Waals surface area contributed by atoms with Crippen LogP contribution < -0.4 is 9.46 Å². The Balaban J connectivity index is 1.16. The van der Waals surface area contributed by atoms with Crippen LogP contribution in [0.15, 0.2) is 40.7 Å². The van der Waals surface area contributed by atoms with E-state index in [2.05, 4.69) is 14.6 Å². The predicted octanol–water partition coefficient (Wildman–Crippen LogP) is 3.00. The summed E-state index contributed by atoms with van der Waals surface area (Å²) in [5.41, 5.74) is 0. The zero-order valence-electron chi connectivity index (χ0n) is 18.4. The van der Waals surface area contributed by atoms with E-state index in [0.717, 1.165) is 44.0 Å². The second-order valence-corrected chi connectivity index (χ2v) is 11.4. The van der Waals surface area contributed by atoms with Crippen molar-refractivity contribution in [3.63, 3.8) is 0 Å². The van der Waals surface area contributed by atoms with Crippen molar-refractivity contribution in [1.29, 1.82) is 0 Å². The van der Waals surface area contributed by atoms with Gasteiger partial charge in [0.05, 0.1) is 4.90 Å². The van der Waals surface area contributed by atoms with Gasteiger partial charge < -0.3 is 9.64 Å². The van der Waals surface area contributed by atoms with Gasteiger partial charge >= 0.3 is 0 Å². The number of piperidine rings is 2. The number of hydrogen-bond acceptors (Lipinski definition) is 7. The number of aromatic nitrogens is 1. The van der Waals surface area contributed by atoms with E-state index in [1.807, 2.05) is 10.3 Å². The smallest absolute Gasteiger partial charge is 0.273 e. The molecule has 0 saturated carbocycles. The molecule has 1 N–H and O–H groups in total. The minimum atomic E-state index is -3.68. The van der Waals surface area contributed by atoms with Crippen LogP contribution in [-0.4, -0.2) is 74.0 Å². The Morgan fingerprint density at radius 3 is 2.61 bits per heavy atom. The van der Waals surface area contributed by atoms with Crippen molar-refractivity contribution in [2.24, 2.45) is 0 Å². The molecule has 2 aliphatic heterocycles. The maximum atomic E-state index is 12.6. The van der Waals surface area contributed by atoms with Crippen LogP contribution in [-0.2, 0) is 14.8 Å². The van der Waals surface area contributed by atoms with Gasteiger partial charge in [-0.05, 0) is 43.9 Å². The molecule has 2 fully saturated rings. The maximum Gasteiger partial charge on any atom is 0.273 e. The van der Waals surface area contributed by atoms with Crippen LogP contribution in [0.25, 0.3) is 0 Å². The fourth-order valence-electron chi connectivity index (χ4n) is 4.42. The van der Waals surface area contributed by atoms with E-state index in [1.165, 1.54) is 23.5 Å². The van der Waals surface area contributed by atoms with Gasteiger partial charge in [0.1, 0.15) is 6.10 Å². The molecule has 1 aromatic carbocycles. The standard InChI is InChI=1S/C22H29ClN4O4S2/c23-17-2-1-3-20(16-17)33(29,30)25-9-4-21(28)27-11-5-18(6-12-27)26-13-7-19(8-14-26)31-22-24-10-15-32-22/h1-3,10,15-16,18-19,25H,4-9,11-14H2. The molecule has 3 heterocycles. The Hall–Kier alpha value is -1.72. The van der Waals surface area contributed by atoms with E-state index in [4.69, 9.17) is 16.3 Å². The summed E-state index contributed by atoms with van der Waals surface area (Å²) in [4.78, 5) is 21.3. The van der Waals surface area contributed by atoms with E-state index >= 15 is 0 Å². The predicted molar refractivity (Wildman–Crippen MR) is 128 cm³/mol. The van der Waals surface area contributed by atoms with Crippen molar-refractivity contribution in [2.75, 3.05) is 32.7 Å². The largest absolute Gasteiger partial charge is 0.467 e. The molecule has 0 bridgehead atoms. The number of rotatable bonds is 8. The summed E-state index contributed by atoms with van der Waals surface area (Å²) in [6.07, 6.45) is 6.00. The number of hydrogen-bond donors (Lipinski definition) is 1. The summed E-state index contributed by atoms with van der Waals surface area (Å²) >= 11 is 7.40. The van der Waals surface area contributed by atoms with E-state index in [0.29, 0.717) is 24.2 Å². The van der Waals surface area contributed by atoms with E-state index < -0.39 is 10.0 Å². The van der Waals surface area contributed by atoms with Crippen LogP contribution in [0.5, 0.6) is 5.19 Å². The molecule has 2 aliphatic rings. The van der Waals surface area contributed by atoms with Crippen molar-refractivity contribution in [1.82, 2.24) is 19.5 Å². The van der Waals surface area contributed by atoms with Gasteiger partial charge in [-0.1, -0.05) is 29.0 Å². The summed E-state index contributed by atoms with van der Waals surface area (Å²) in [5, 5.41) is 3.02. The molecule has 0 atom stereocenters. The second kappa shape index (κ2) is 11.1. The number of benzene rings is 1. The molecule has 1 aromatic heterocycles. The lowest BCUT2D eigenvalue weighted by Crippen LogP contribution is -2.50. The SMILES string of the molecule is O=C(CCNS(=O)(=O)c1cccc(Cl)c1)N1CCC(N2CCC(Oc3nccs3)CC2)CC1. The number of thiazole rings is 1. The summed E-state index contributed by atoms with van der Waals surface area (Å²) < 4.78 is 33.2. The van der Waals surface area contributed by atoms with Crippen LogP contribution in [0.3, 0.4) is 0 Å². The number of halogens is 1. The summed E-state index contributed by atoms with van der Waals surface area (Å²) in [5.74, 6) is -0.0159. The van der Waals surface area contributed by atoms with Crippen LogP contribution in [0.1, 0.15) is 32.1 Å². The van der Waals surface area contributed by atoms with Gasteiger partial charge in [0, 0.05) is 61.8 Å². The highest BCUT2D eigenvalue weighted by Gasteiger charge is 2.30. The first-order valence-corrected chi connectivity index (χ1v) is 14.0. The highest BCUT2D eigenvalue weighted by Crippen LogP contribution is 2.25. The number of ether oxygens (including phenoxy) is 1. The van der Waals surface area contributed by atoms with Gasteiger partial charge in [-0.15, -0.1) is 0 Å². The number of likely N-dealkylation sites (tertiary alicyclic amines) is 2. The Labute approximate surface area is 203 Å². The number of nitrogens with one attached hydrogen (secondary N) is 1. The van der Waals surface area contributed by atoms with Crippen LogP contribution >= 0.6 is 22.9 Å². The molecular weight excluding hydrogens is 484 g/mol. The van der Waals surface area contributed by atoms with E-state index in [-0.39, 0.29) is 29.9 Å². The van der Waals surface area contributed by atoms with Gasteiger partial charge in [-0.2, -0.15) is 0 Å². The normalized spacial score (nSPS) is 19.0. The van der Waals surface area contributed by atoms with E-state index in [1.54, 1.807) is 18.3 Å². The summed E-state index contributed by atoms with van der Waals surface area (Å²) in [6, 6.07) is 6.56. The molecule has 4 rings (SSSR count). The molecule has 2 aromatic rings. The zero-order valence-corrected chi connectivity index (χ0v) is 20.7. The minimum Gasteiger partial charge on any atom is -0.467 e. The molecule has 11 heteroatoms. The lowest BCUT2D eigenvalue weighted by atomic mass is 9.98. The lowest BCUT2D eigenvalue weighted by Gasteiger charge is -2.41. The minimum absolute atomic E-state index is 0.0159. The van der Waals surface area contributed by atoms with Gasteiger partial charge in [-0.25, -0.2) is 18.1 Å². The first-order chi connectivity index (χ1) is 15.9. The third kappa shape index (κ3) is 6.66. The Kier molecular flexibility index (Phi) is 8.24. The van der Waals surface area contributed by atoms with Crippen molar-refractivity contribution in [2.45, 2.75) is 49.1 Å².